The molecule has 2 rings (SSSR count). The number of hydrogen-bond acceptors (Lipinski definition) is 4. The van der Waals surface area contributed by atoms with E-state index in [1.165, 1.54) is 12.3 Å². The smallest absolute Gasteiger partial charge is 0.272 e. The quantitative estimate of drug-likeness (QED) is 0.628. The van der Waals surface area contributed by atoms with E-state index in [0.29, 0.717) is 27.0 Å². The molecule has 0 bridgehead atoms. The number of amides is 2. The lowest BCUT2D eigenvalue weighted by Crippen LogP contribution is -2.21. The number of pyridine rings is 1. The second-order valence-electron chi connectivity index (χ2n) is 4.88. The topological polar surface area (TPSA) is 83.5 Å². The summed E-state index contributed by atoms with van der Waals surface area (Å²) < 4.78 is 0. The fourth-order valence-electron chi connectivity index (χ4n) is 1.76. The molecule has 1 aromatic carbocycles. The number of benzene rings is 1. The molecule has 0 radical (unpaired) electrons. The molecule has 0 atom stereocenters. The highest BCUT2D eigenvalue weighted by Crippen LogP contribution is 2.25. The first-order valence-corrected chi connectivity index (χ1v) is 7.69. The number of hydrazone groups is 1. The zero-order valence-electron chi connectivity index (χ0n) is 12.7. The number of halogens is 2. The van der Waals surface area contributed by atoms with Crippen LogP contribution in [0.1, 0.15) is 23.7 Å². The molecule has 8 heteroatoms. The third kappa shape index (κ3) is 5.33. The SMILES string of the molecule is C/C(CC(=O)Nc1ccc(Cl)cc1Cl)=N\NC(=O)c1cccnc1. The maximum atomic E-state index is 12.0. The van der Waals surface area contributed by atoms with Gasteiger partial charge in [0.05, 0.1) is 22.7 Å². The van der Waals surface area contributed by atoms with E-state index in [4.69, 9.17) is 23.2 Å². The lowest BCUT2D eigenvalue weighted by atomic mass is 10.2. The Labute approximate surface area is 148 Å². The van der Waals surface area contributed by atoms with Crippen LogP contribution in [0, 0.1) is 0 Å². The maximum Gasteiger partial charge on any atom is 0.272 e. The van der Waals surface area contributed by atoms with Crippen LogP contribution in [-0.2, 0) is 4.79 Å². The molecule has 0 fully saturated rings. The Morgan fingerprint density at radius 1 is 1.25 bits per heavy atom. The monoisotopic (exact) mass is 364 g/mol. The number of carbonyl (C=O) groups is 2. The van der Waals surface area contributed by atoms with Crippen LogP contribution < -0.4 is 10.7 Å². The van der Waals surface area contributed by atoms with Gasteiger partial charge in [-0.15, -0.1) is 0 Å². The Hall–Kier alpha value is -2.44. The van der Waals surface area contributed by atoms with E-state index in [2.05, 4.69) is 20.8 Å². The van der Waals surface area contributed by atoms with Gasteiger partial charge in [0.2, 0.25) is 5.91 Å². The largest absolute Gasteiger partial charge is 0.324 e. The van der Waals surface area contributed by atoms with Crippen LogP contribution in [0.3, 0.4) is 0 Å². The van der Waals surface area contributed by atoms with Crippen LogP contribution >= 0.6 is 23.2 Å². The van der Waals surface area contributed by atoms with Crippen LogP contribution in [0.2, 0.25) is 10.0 Å². The van der Waals surface area contributed by atoms with Crippen LogP contribution in [-0.4, -0.2) is 22.5 Å². The molecule has 0 aliphatic carbocycles. The highest BCUT2D eigenvalue weighted by molar-refractivity contribution is 6.36. The van der Waals surface area contributed by atoms with Gasteiger partial charge in [-0.25, -0.2) is 5.43 Å². The van der Waals surface area contributed by atoms with Gasteiger partial charge in [0.15, 0.2) is 0 Å². The Balaban J connectivity index is 1.90. The van der Waals surface area contributed by atoms with Crippen LogP contribution in [0.15, 0.2) is 47.8 Å². The summed E-state index contributed by atoms with van der Waals surface area (Å²) in [4.78, 5) is 27.6. The Morgan fingerprint density at radius 2 is 2.04 bits per heavy atom. The predicted octanol–water partition coefficient (Wildman–Crippen LogP) is 3.52. The minimum atomic E-state index is -0.399. The molecule has 0 aliphatic heterocycles. The van der Waals surface area contributed by atoms with Gasteiger partial charge in [-0.2, -0.15) is 5.10 Å². The van der Waals surface area contributed by atoms with E-state index in [1.54, 1.807) is 37.4 Å². The minimum Gasteiger partial charge on any atom is -0.324 e. The van der Waals surface area contributed by atoms with Crippen molar-refractivity contribution in [2.75, 3.05) is 5.32 Å². The highest BCUT2D eigenvalue weighted by atomic mass is 35.5. The van der Waals surface area contributed by atoms with Crippen LogP contribution in [0.4, 0.5) is 5.69 Å². The van der Waals surface area contributed by atoms with Crippen molar-refractivity contribution in [2.45, 2.75) is 13.3 Å². The van der Waals surface area contributed by atoms with Crippen molar-refractivity contribution in [3.63, 3.8) is 0 Å². The summed E-state index contributed by atoms with van der Waals surface area (Å²) in [5.74, 6) is -0.709. The molecular formula is C16H14Cl2N4O2. The number of hydrogen-bond donors (Lipinski definition) is 2. The lowest BCUT2D eigenvalue weighted by molar-refractivity contribution is -0.115. The molecule has 0 saturated carbocycles. The molecule has 24 heavy (non-hydrogen) atoms. The first-order chi connectivity index (χ1) is 11.5. The number of nitrogens with one attached hydrogen (secondary N) is 2. The molecule has 1 heterocycles. The Morgan fingerprint density at radius 3 is 2.71 bits per heavy atom. The summed E-state index contributed by atoms with van der Waals surface area (Å²) in [6, 6.07) is 8.03. The molecule has 0 unspecified atom stereocenters. The van der Waals surface area contributed by atoms with Crippen LogP contribution in [0.5, 0.6) is 0 Å². The minimum absolute atomic E-state index is 0.00623. The van der Waals surface area contributed by atoms with Gasteiger partial charge >= 0.3 is 0 Å². The van der Waals surface area contributed by atoms with Crippen molar-refractivity contribution in [3.8, 4) is 0 Å². The predicted molar refractivity (Wildman–Crippen MR) is 94.5 cm³/mol. The molecule has 2 N–H and O–H groups in total. The van der Waals surface area contributed by atoms with Gasteiger partial charge < -0.3 is 5.32 Å². The Bertz CT molecular complexity index is 779. The number of anilines is 1. The molecule has 6 nitrogen and oxygen atoms in total. The molecule has 0 saturated heterocycles. The zero-order valence-corrected chi connectivity index (χ0v) is 14.2. The summed E-state index contributed by atoms with van der Waals surface area (Å²) >= 11 is 11.8. The lowest BCUT2D eigenvalue weighted by Gasteiger charge is -2.07. The average molecular weight is 365 g/mol. The second kappa shape index (κ2) is 8.42. The van der Waals surface area contributed by atoms with E-state index in [0.717, 1.165) is 0 Å². The van der Waals surface area contributed by atoms with E-state index in [-0.39, 0.29) is 12.3 Å². The first kappa shape index (κ1) is 17.9. The van der Waals surface area contributed by atoms with E-state index >= 15 is 0 Å². The van der Waals surface area contributed by atoms with Gasteiger partial charge in [-0.3, -0.25) is 14.6 Å². The molecule has 2 amide bonds. The zero-order chi connectivity index (χ0) is 17.5. The molecule has 2 aromatic rings. The van der Waals surface area contributed by atoms with Gasteiger partial charge in [-0.05, 0) is 37.3 Å². The van der Waals surface area contributed by atoms with Crippen molar-refractivity contribution in [1.29, 1.82) is 0 Å². The standard InChI is InChI=1S/C16H14Cl2N4O2/c1-10(21-22-16(24)11-3-2-6-19-9-11)7-15(23)20-14-5-4-12(17)8-13(14)18/h2-6,8-9H,7H2,1H3,(H,20,23)(H,22,24)/b21-10+. The number of nitrogens with zero attached hydrogens (tertiary/aromatic N) is 2. The van der Waals surface area contributed by atoms with Crippen molar-refractivity contribution in [2.24, 2.45) is 5.10 Å². The van der Waals surface area contributed by atoms with Crippen molar-refractivity contribution in [1.82, 2.24) is 10.4 Å². The van der Waals surface area contributed by atoms with Crippen LogP contribution in [0.25, 0.3) is 0 Å². The Kier molecular flexibility index (Phi) is 6.28. The summed E-state index contributed by atoms with van der Waals surface area (Å²) in [5.41, 5.74) is 3.65. The van der Waals surface area contributed by atoms with E-state index < -0.39 is 5.91 Å². The molecule has 0 spiro atoms. The van der Waals surface area contributed by atoms with Gasteiger partial charge in [0.25, 0.3) is 5.91 Å². The third-order valence-electron chi connectivity index (χ3n) is 2.89. The fraction of sp³-hybridized carbons (Fsp3) is 0.125. The van der Waals surface area contributed by atoms with Gasteiger partial charge in [0, 0.05) is 23.1 Å². The van der Waals surface area contributed by atoms with Crippen molar-refractivity contribution < 1.29 is 9.59 Å². The highest BCUT2D eigenvalue weighted by Gasteiger charge is 2.09. The third-order valence-corrected chi connectivity index (χ3v) is 3.44. The summed E-state index contributed by atoms with van der Waals surface area (Å²) in [6.07, 6.45) is 3.00. The van der Waals surface area contributed by atoms with Gasteiger partial charge in [-0.1, -0.05) is 23.2 Å². The number of rotatable bonds is 5. The van der Waals surface area contributed by atoms with Crippen molar-refractivity contribution >= 4 is 46.4 Å². The number of carbonyl (C=O) groups excluding carboxylic acids is 2. The van der Waals surface area contributed by atoms with E-state index in [1.807, 2.05) is 0 Å². The normalized spacial score (nSPS) is 11.0. The molecule has 124 valence electrons. The van der Waals surface area contributed by atoms with Crippen molar-refractivity contribution in [3.05, 3.63) is 58.3 Å². The molecular weight excluding hydrogens is 351 g/mol. The summed E-state index contributed by atoms with van der Waals surface area (Å²) in [7, 11) is 0. The first-order valence-electron chi connectivity index (χ1n) is 6.94. The van der Waals surface area contributed by atoms with E-state index in [9.17, 15) is 9.59 Å². The molecule has 1 aromatic heterocycles. The molecule has 0 aliphatic rings. The second-order valence-corrected chi connectivity index (χ2v) is 5.72. The maximum absolute atomic E-state index is 12.0. The average Bonchev–Trinajstić information content (AvgIpc) is 2.56. The van der Waals surface area contributed by atoms with Gasteiger partial charge in [0.1, 0.15) is 0 Å². The number of aromatic nitrogens is 1. The fourth-order valence-corrected chi connectivity index (χ4v) is 2.22. The summed E-state index contributed by atoms with van der Waals surface area (Å²) in [5, 5.41) is 7.37. The summed E-state index contributed by atoms with van der Waals surface area (Å²) in [6.45, 7) is 1.63.